The fraction of sp³-hybridized carbons (Fsp3) is 0.444. The van der Waals surface area contributed by atoms with E-state index in [0.717, 1.165) is 0 Å². The van der Waals surface area contributed by atoms with E-state index in [1.54, 1.807) is 18.3 Å². The average Bonchev–Trinajstić information content (AvgIpc) is 2.73. The van der Waals surface area contributed by atoms with E-state index < -0.39 is 11.8 Å². The van der Waals surface area contributed by atoms with Crippen molar-refractivity contribution in [3.05, 3.63) is 22.9 Å². The average molecular weight is 264 g/mol. The summed E-state index contributed by atoms with van der Waals surface area (Å²) in [6.07, 6.45) is 1.54. The molecule has 1 saturated carbocycles. The molecular weight excluding hydrogens is 256 g/mol. The predicted molar refractivity (Wildman–Crippen MR) is 50.5 cm³/mol. The Labute approximate surface area is 88.4 Å². The molecule has 0 spiro atoms. The monoisotopic (exact) mass is 263 g/mol. The van der Waals surface area contributed by atoms with Crippen LogP contribution in [0.2, 0.25) is 0 Å². The molecule has 0 aromatic carbocycles. The van der Waals surface area contributed by atoms with Crippen LogP contribution >= 0.6 is 15.9 Å². The lowest BCUT2D eigenvalue weighted by Crippen LogP contribution is -2.06. The highest BCUT2D eigenvalue weighted by molar-refractivity contribution is 9.10. The van der Waals surface area contributed by atoms with Gasteiger partial charge in [0.05, 0.1) is 12.5 Å². The van der Waals surface area contributed by atoms with E-state index in [9.17, 15) is 8.78 Å². The fourth-order valence-electron chi connectivity index (χ4n) is 1.12. The third-order valence-corrected chi connectivity index (χ3v) is 2.72. The van der Waals surface area contributed by atoms with Crippen molar-refractivity contribution in [3.63, 3.8) is 0 Å². The Hall–Kier alpha value is -0.710. The minimum absolute atomic E-state index is 0.0529. The summed E-state index contributed by atoms with van der Waals surface area (Å²) in [5, 5.41) is 0. The second-order valence-corrected chi connectivity index (χ2v) is 4.02. The molecule has 1 aromatic heterocycles. The normalized spacial score (nSPS) is 23.2. The van der Waals surface area contributed by atoms with Crippen LogP contribution in [0.25, 0.3) is 0 Å². The summed E-state index contributed by atoms with van der Waals surface area (Å²) in [4.78, 5) is 3.92. The van der Waals surface area contributed by atoms with Gasteiger partial charge in [0.1, 0.15) is 4.60 Å². The van der Waals surface area contributed by atoms with Crippen LogP contribution in [0, 0.1) is 5.92 Å². The lowest BCUT2D eigenvalue weighted by molar-refractivity contribution is 0.0854. The minimum Gasteiger partial charge on any atom is -0.490 e. The maximum Gasteiger partial charge on any atom is 0.255 e. The van der Waals surface area contributed by atoms with Crippen molar-refractivity contribution >= 4 is 15.9 Å². The van der Waals surface area contributed by atoms with Gasteiger partial charge in [-0.05, 0) is 28.1 Å². The van der Waals surface area contributed by atoms with Crippen molar-refractivity contribution in [1.29, 1.82) is 0 Å². The summed E-state index contributed by atoms with van der Waals surface area (Å²) in [6.45, 7) is 0.0529. The molecule has 5 heteroatoms. The lowest BCUT2D eigenvalue weighted by Gasteiger charge is -2.05. The first-order valence-corrected chi connectivity index (χ1v) is 5.00. The van der Waals surface area contributed by atoms with Gasteiger partial charge in [0.25, 0.3) is 5.92 Å². The van der Waals surface area contributed by atoms with Crippen LogP contribution in [0.5, 0.6) is 5.75 Å². The van der Waals surface area contributed by atoms with Crippen LogP contribution in [0.4, 0.5) is 8.78 Å². The van der Waals surface area contributed by atoms with Gasteiger partial charge in [0.2, 0.25) is 0 Å². The Morgan fingerprint density at radius 1 is 1.64 bits per heavy atom. The maximum absolute atomic E-state index is 12.5. The predicted octanol–water partition coefficient (Wildman–Crippen LogP) is 2.88. The van der Waals surface area contributed by atoms with Crippen LogP contribution in [0.15, 0.2) is 22.9 Å². The smallest absolute Gasteiger partial charge is 0.255 e. The number of pyridine rings is 1. The number of hydrogen-bond acceptors (Lipinski definition) is 2. The van der Waals surface area contributed by atoms with Gasteiger partial charge < -0.3 is 4.74 Å². The Kier molecular flexibility index (Phi) is 2.43. The topological polar surface area (TPSA) is 22.1 Å². The molecule has 0 N–H and O–H groups in total. The zero-order valence-corrected chi connectivity index (χ0v) is 8.80. The second-order valence-electron chi connectivity index (χ2n) is 3.27. The van der Waals surface area contributed by atoms with Crippen molar-refractivity contribution in [1.82, 2.24) is 4.98 Å². The molecule has 1 aliphatic rings. The van der Waals surface area contributed by atoms with Crippen molar-refractivity contribution in [2.75, 3.05) is 6.61 Å². The van der Waals surface area contributed by atoms with Crippen LogP contribution < -0.4 is 4.74 Å². The Balaban J connectivity index is 1.90. The molecule has 14 heavy (non-hydrogen) atoms. The summed E-state index contributed by atoms with van der Waals surface area (Å²) < 4.78 is 30.7. The highest BCUT2D eigenvalue weighted by Gasteiger charge is 2.57. The molecule has 0 aliphatic heterocycles. The van der Waals surface area contributed by atoms with Gasteiger partial charge in [-0.25, -0.2) is 13.8 Å². The van der Waals surface area contributed by atoms with Gasteiger partial charge in [-0.15, -0.1) is 0 Å². The maximum atomic E-state index is 12.5. The largest absolute Gasteiger partial charge is 0.490 e. The number of alkyl halides is 2. The van der Waals surface area contributed by atoms with E-state index >= 15 is 0 Å². The third kappa shape index (κ3) is 2.03. The number of hydrogen-bond donors (Lipinski definition) is 0. The first kappa shape index (κ1) is 9.83. The molecule has 1 unspecified atom stereocenters. The van der Waals surface area contributed by atoms with Gasteiger partial charge in [-0.3, -0.25) is 0 Å². The Bertz CT molecular complexity index is 345. The summed E-state index contributed by atoms with van der Waals surface area (Å²) >= 11 is 3.17. The molecule has 76 valence electrons. The van der Waals surface area contributed by atoms with E-state index in [4.69, 9.17) is 4.74 Å². The van der Waals surface area contributed by atoms with Crippen LogP contribution in [-0.2, 0) is 0 Å². The minimum atomic E-state index is -2.52. The van der Waals surface area contributed by atoms with Gasteiger partial charge >= 0.3 is 0 Å². The highest BCUT2D eigenvalue weighted by atomic mass is 79.9. The summed E-state index contributed by atoms with van der Waals surface area (Å²) in [6, 6.07) is 3.39. The zero-order chi connectivity index (χ0) is 10.2. The zero-order valence-electron chi connectivity index (χ0n) is 7.21. The Morgan fingerprint density at radius 2 is 2.36 bits per heavy atom. The molecule has 2 rings (SSSR count). The van der Waals surface area contributed by atoms with Crippen molar-refractivity contribution in [3.8, 4) is 5.75 Å². The molecular formula is C9H8BrF2NO. The number of nitrogens with zero attached hydrogens (tertiary/aromatic N) is 1. The van der Waals surface area contributed by atoms with Gasteiger partial charge in [-0.1, -0.05) is 0 Å². The Morgan fingerprint density at radius 3 is 2.93 bits per heavy atom. The standard InChI is InChI=1S/C9H8BrF2NO/c10-8-7(2-1-3-13-8)14-5-6-4-9(6,11)12/h1-3,6H,4-5H2. The first-order chi connectivity index (χ1) is 6.59. The second kappa shape index (κ2) is 3.46. The molecule has 0 radical (unpaired) electrons. The molecule has 1 heterocycles. The third-order valence-electron chi connectivity index (χ3n) is 2.12. The van der Waals surface area contributed by atoms with Crippen molar-refractivity contribution < 1.29 is 13.5 Å². The molecule has 1 fully saturated rings. The van der Waals surface area contributed by atoms with E-state index in [2.05, 4.69) is 20.9 Å². The van der Waals surface area contributed by atoms with Crippen LogP contribution in [-0.4, -0.2) is 17.5 Å². The number of halogens is 3. The van der Waals surface area contributed by atoms with Crippen LogP contribution in [0.3, 0.4) is 0 Å². The number of aromatic nitrogens is 1. The number of ether oxygens (including phenoxy) is 1. The highest BCUT2D eigenvalue weighted by Crippen LogP contribution is 2.48. The SMILES string of the molecule is FC1(F)CC1COc1cccnc1Br. The molecule has 0 bridgehead atoms. The van der Waals surface area contributed by atoms with E-state index in [-0.39, 0.29) is 13.0 Å². The summed E-state index contributed by atoms with van der Waals surface area (Å²) in [7, 11) is 0. The van der Waals surface area contributed by atoms with Crippen molar-refractivity contribution in [2.45, 2.75) is 12.3 Å². The molecule has 1 atom stereocenters. The summed E-state index contributed by atoms with van der Waals surface area (Å²) in [5.74, 6) is -2.64. The van der Waals surface area contributed by atoms with Gasteiger partial charge in [0.15, 0.2) is 5.75 Å². The van der Waals surface area contributed by atoms with E-state index in [1.165, 1.54) is 0 Å². The molecule has 2 nitrogen and oxygen atoms in total. The molecule has 0 saturated heterocycles. The van der Waals surface area contributed by atoms with Gasteiger partial charge in [0, 0.05) is 12.6 Å². The summed E-state index contributed by atoms with van der Waals surface area (Å²) in [5.41, 5.74) is 0. The number of rotatable bonds is 3. The van der Waals surface area contributed by atoms with E-state index in [1.807, 2.05) is 0 Å². The quantitative estimate of drug-likeness (QED) is 0.783. The lowest BCUT2D eigenvalue weighted by atomic mass is 10.4. The van der Waals surface area contributed by atoms with Crippen molar-refractivity contribution in [2.24, 2.45) is 5.92 Å². The van der Waals surface area contributed by atoms with E-state index in [0.29, 0.717) is 10.4 Å². The fourth-order valence-corrected chi connectivity index (χ4v) is 1.48. The molecule has 1 aromatic rings. The van der Waals surface area contributed by atoms with Crippen LogP contribution in [0.1, 0.15) is 6.42 Å². The molecule has 1 aliphatic carbocycles. The van der Waals surface area contributed by atoms with Gasteiger partial charge in [-0.2, -0.15) is 0 Å². The first-order valence-electron chi connectivity index (χ1n) is 4.21. The molecule has 0 amide bonds.